The van der Waals surface area contributed by atoms with Gasteiger partial charge in [0.15, 0.2) is 5.82 Å². The lowest BCUT2D eigenvalue weighted by Gasteiger charge is -2.03. The molecule has 2 heterocycles. The molecule has 0 aliphatic carbocycles. The van der Waals surface area contributed by atoms with Crippen molar-refractivity contribution in [2.75, 3.05) is 6.61 Å². The van der Waals surface area contributed by atoms with Crippen LogP contribution in [-0.4, -0.2) is 22.9 Å². The summed E-state index contributed by atoms with van der Waals surface area (Å²) in [6.07, 6.45) is 3.20. The van der Waals surface area contributed by atoms with Gasteiger partial charge >= 0.3 is 0 Å². The normalized spacial score (nSPS) is 24.0. The Balaban J connectivity index is 1.95. The molecule has 1 fully saturated rings. The molecular weight excluding hydrogens is 182 g/mol. The first-order valence-electron chi connectivity index (χ1n) is 4.95. The molecule has 14 heavy (non-hydrogen) atoms. The molecule has 78 valence electrons. The highest BCUT2D eigenvalue weighted by molar-refractivity contribution is 4.92. The summed E-state index contributed by atoms with van der Waals surface area (Å²) in [7, 11) is 0. The fourth-order valence-electron chi connectivity index (χ4n) is 1.54. The average Bonchev–Trinajstić information content (AvgIpc) is 2.75. The quantitative estimate of drug-likeness (QED) is 0.776. The highest BCUT2D eigenvalue weighted by Gasteiger charge is 2.19. The summed E-state index contributed by atoms with van der Waals surface area (Å²) >= 11 is 0. The monoisotopic (exact) mass is 197 g/mol. The van der Waals surface area contributed by atoms with Crippen molar-refractivity contribution in [1.82, 2.24) is 10.1 Å². The highest BCUT2D eigenvalue weighted by Crippen LogP contribution is 2.16. The van der Waals surface area contributed by atoms with Gasteiger partial charge in [-0.3, -0.25) is 0 Å². The fraction of sp³-hybridized carbons (Fsp3) is 0.778. The molecule has 2 rings (SSSR count). The van der Waals surface area contributed by atoms with Crippen LogP contribution in [0.5, 0.6) is 0 Å². The maximum Gasteiger partial charge on any atom is 0.243 e. The van der Waals surface area contributed by atoms with Crippen LogP contribution in [0, 0.1) is 0 Å². The van der Waals surface area contributed by atoms with Gasteiger partial charge in [-0.25, -0.2) is 0 Å². The van der Waals surface area contributed by atoms with E-state index in [1.165, 1.54) is 0 Å². The van der Waals surface area contributed by atoms with Gasteiger partial charge in [0, 0.05) is 13.0 Å². The number of hydrogen-bond acceptors (Lipinski definition) is 5. The number of ether oxygens (including phenoxy) is 1. The summed E-state index contributed by atoms with van der Waals surface area (Å²) in [4.78, 5) is 4.19. The van der Waals surface area contributed by atoms with Gasteiger partial charge in [0.2, 0.25) is 5.89 Å². The zero-order valence-corrected chi connectivity index (χ0v) is 8.27. The van der Waals surface area contributed by atoms with Crippen molar-refractivity contribution >= 4 is 0 Å². The van der Waals surface area contributed by atoms with Crippen LogP contribution in [0.4, 0.5) is 0 Å². The molecule has 2 N–H and O–H groups in total. The van der Waals surface area contributed by atoms with E-state index in [-0.39, 0.29) is 12.1 Å². The van der Waals surface area contributed by atoms with Gasteiger partial charge < -0.3 is 15.0 Å². The number of nitrogens with zero attached hydrogens (tertiary/aromatic N) is 2. The Morgan fingerprint density at radius 1 is 1.64 bits per heavy atom. The zero-order valence-electron chi connectivity index (χ0n) is 8.27. The third-order valence-electron chi connectivity index (χ3n) is 2.31. The largest absolute Gasteiger partial charge is 0.378 e. The maximum atomic E-state index is 5.61. The molecule has 1 aliphatic rings. The number of nitrogens with two attached hydrogens (primary N) is 1. The Labute approximate surface area is 82.6 Å². The summed E-state index contributed by atoms with van der Waals surface area (Å²) in [5, 5.41) is 3.85. The first kappa shape index (κ1) is 9.61. The molecule has 1 unspecified atom stereocenters. The average molecular weight is 197 g/mol. The first-order chi connectivity index (χ1) is 6.75. The molecule has 0 spiro atoms. The van der Waals surface area contributed by atoms with Crippen LogP contribution in [0.3, 0.4) is 0 Å². The van der Waals surface area contributed by atoms with Gasteiger partial charge in [0.25, 0.3) is 0 Å². The smallest absolute Gasteiger partial charge is 0.243 e. The Morgan fingerprint density at radius 3 is 3.07 bits per heavy atom. The second-order valence-electron chi connectivity index (χ2n) is 3.68. The predicted molar refractivity (Wildman–Crippen MR) is 49.6 cm³/mol. The van der Waals surface area contributed by atoms with E-state index < -0.39 is 0 Å². The molecule has 0 amide bonds. The third kappa shape index (κ3) is 2.10. The van der Waals surface area contributed by atoms with Crippen molar-refractivity contribution in [3.63, 3.8) is 0 Å². The number of aromatic nitrogens is 2. The zero-order chi connectivity index (χ0) is 9.97. The van der Waals surface area contributed by atoms with Crippen molar-refractivity contribution in [3.05, 3.63) is 11.7 Å². The molecular formula is C9H15N3O2. The molecule has 2 atom stereocenters. The summed E-state index contributed by atoms with van der Waals surface area (Å²) in [5.41, 5.74) is 5.61. The van der Waals surface area contributed by atoms with E-state index in [2.05, 4.69) is 10.1 Å². The lowest BCUT2D eigenvalue weighted by Crippen LogP contribution is -2.10. The Kier molecular flexibility index (Phi) is 2.79. The van der Waals surface area contributed by atoms with E-state index in [0.29, 0.717) is 11.7 Å². The first-order valence-corrected chi connectivity index (χ1v) is 4.95. The van der Waals surface area contributed by atoms with Gasteiger partial charge in [0.05, 0.1) is 12.1 Å². The standard InChI is InChI=1S/C9H15N3O2/c1-6(10)9-11-8(12-14-9)5-7-3-2-4-13-7/h6-7H,2-5,10H2,1H3/t6-,7?/m1/s1. The van der Waals surface area contributed by atoms with Gasteiger partial charge in [-0.1, -0.05) is 5.16 Å². The second kappa shape index (κ2) is 4.06. The van der Waals surface area contributed by atoms with Crippen molar-refractivity contribution in [2.45, 2.75) is 38.3 Å². The van der Waals surface area contributed by atoms with Crippen molar-refractivity contribution in [2.24, 2.45) is 5.73 Å². The van der Waals surface area contributed by atoms with E-state index in [0.717, 1.165) is 25.9 Å². The SMILES string of the molecule is C[C@@H](N)c1nc(CC2CCCO2)no1. The topological polar surface area (TPSA) is 74.2 Å². The predicted octanol–water partition coefficient (Wildman–Crippen LogP) is 0.811. The minimum absolute atomic E-state index is 0.194. The Hall–Kier alpha value is -0.940. The lowest BCUT2D eigenvalue weighted by molar-refractivity contribution is 0.109. The van der Waals surface area contributed by atoms with Gasteiger partial charge in [0.1, 0.15) is 0 Å². The van der Waals surface area contributed by atoms with Gasteiger partial charge in [-0.2, -0.15) is 4.98 Å². The van der Waals surface area contributed by atoms with Crippen LogP contribution in [0.25, 0.3) is 0 Å². The summed E-state index contributed by atoms with van der Waals surface area (Å²) in [6.45, 7) is 2.67. The number of hydrogen-bond donors (Lipinski definition) is 1. The second-order valence-corrected chi connectivity index (χ2v) is 3.68. The molecule has 0 aromatic carbocycles. The Bertz CT molecular complexity index is 292. The molecule has 1 aromatic heterocycles. The van der Waals surface area contributed by atoms with E-state index >= 15 is 0 Å². The minimum Gasteiger partial charge on any atom is -0.378 e. The third-order valence-corrected chi connectivity index (χ3v) is 2.31. The van der Waals surface area contributed by atoms with Crippen LogP contribution < -0.4 is 5.73 Å². The summed E-state index contributed by atoms with van der Waals surface area (Å²) in [6, 6.07) is -0.194. The molecule has 1 aliphatic heterocycles. The summed E-state index contributed by atoms with van der Waals surface area (Å²) in [5.74, 6) is 1.20. The molecule has 1 saturated heterocycles. The van der Waals surface area contributed by atoms with Crippen LogP contribution in [-0.2, 0) is 11.2 Å². The highest BCUT2D eigenvalue weighted by atomic mass is 16.5. The molecule has 0 bridgehead atoms. The molecule has 5 nitrogen and oxygen atoms in total. The van der Waals surface area contributed by atoms with Gasteiger partial charge in [-0.15, -0.1) is 0 Å². The number of rotatable bonds is 3. The van der Waals surface area contributed by atoms with Crippen LogP contribution in [0.15, 0.2) is 4.52 Å². The van der Waals surface area contributed by atoms with Crippen molar-refractivity contribution in [3.8, 4) is 0 Å². The molecule has 0 saturated carbocycles. The molecule has 0 radical (unpaired) electrons. The summed E-state index contributed by atoms with van der Waals surface area (Å²) < 4.78 is 10.5. The van der Waals surface area contributed by atoms with Crippen LogP contribution >= 0.6 is 0 Å². The minimum atomic E-state index is -0.194. The Morgan fingerprint density at radius 2 is 2.50 bits per heavy atom. The molecule has 5 heteroatoms. The van der Waals surface area contributed by atoms with E-state index in [1.54, 1.807) is 0 Å². The lowest BCUT2D eigenvalue weighted by atomic mass is 10.2. The van der Waals surface area contributed by atoms with Gasteiger partial charge in [-0.05, 0) is 19.8 Å². The van der Waals surface area contributed by atoms with E-state index in [9.17, 15) is 0 Å². The van der Waals surface area contributed by atoms with E-state index in [1.807, 2.05) is 6.92 Å². The fourth-order valence-corrected chi connectivity index (χ4v) is 1.54. The molecule has 1 aromatic rings. The van der Waals surface area contributed by atoms with Crippen molar-refractivity contribution in [1.29, 1.82) is 0 Å². The van der Waals surface area contributed by atoms with E-state index in [4.69, 9.17) is 15.0 Å². The van der Waals surface area contributed by atoms with Crippen LogP contribution in [0.2, 0.25) is 0 Å². The van der Waals surface area contributed by atoms with Crippen molar-refractivity contribution < 1.29 is 9.26 Å². The maximum absolute atomic E-state index is 5.61. The van der Waals surface area contributed by atoms with Crippen LogP contribution in [0.1, 0.15) is 37.5 Å².